The Labute approximate surface area is 175 Å². The number of sulfonamides is 1. The third-order valence-electron chi connectivity index (χ3n) is 4.39. The summed E-state index contributed by atoms with van der Waals surface area (Å²) in [5.41, 5.74) is 1.63. The van der Waals surface area contributed by atoms with Crippen LogP contribution < -0.4 is 5.32 Å². The van der Waals surface area contributed by atoms with Crippen LogP contribution in [0.4, 0.5) is 5.69 Å². The van der Waals surface area contributed by atoms with E-state index < -0.39 is 10.0 Å². The summed E-state index contributed by atoms with van der Waals surface area (Å²) in [5.74, 6) is 0.873. The number of carbonyl (C=O) groups is 1. The molecule has 2 heterocycles. The smallest absolute Gasteiger partial charge is 0.243 e. The summed E-state index contributed by atoms with van der Waals surface area (Å²) in [6.07, 6.45) is 3.21. The monoisotopic (exact) mass is 435 g/mol. The zero-order chi connectivity index (χ0) is 20.9. The Morgan fingerprint density at radius 3 is 2.52 bits per heavy atom. The number of hydrogen-bond donors (Lipinski definition) is 1. The normalized spacial score (nSPS) is 20.3. The molecule has 0 bridgehead atoms. The first-order valence-electron chi connectivity index (χ1n) is 9.37. The molecule has 2 aromatic rings. The van der Waals surface area contributed by atoms with Gasteiger partial charge in [-0.1, -0.05) is 6.07 Å². The van der Waals surface area contributed by atoms with Gasteiger partial charge in [-0.2, -0.15) is 4.31 Å². The van der Waals surface area contributed by atoms with Gasteiger partial charge in [-0.3, -0.25) is 9.78 Å². The fraction of sp³-hybridized carbons (Fsp3) is 0.400. The third kappa shape index (κ3) is 6.02. The third-order valence-corrected chi connectivity index (χ3v) is 7.24. The molecule has 0 saturated carbocycles. The summed E-state index contributed by atoms with van der Waals surface area (Å²) in [6, 6.07) is 10.1. The Hall–Kier alpha value is -1.94. The van der Waals surface area contributed by atoms with E-state index in [0.29, 0.717) is 30.3 Å². The summed E-state index contributed by atoms with van der Waals surface area (Å²) in [6.45, 7) is 4.39. The standard InChI is InChI=1S/C20H25N3O4S2/c1-15-11-23(12-16(2)27-15)29(25,26)19-7-5-18(6-8-19)22-20(24)14-28-13-17-4-3-9-21-10-17/h3-10,15-16H,11-14H2,1-2H3,(H,22,24). The van der Waals surface area contributed by atoms with Gasteiger partial charge in [-0.25, -0.2) is 8.42 Å². The second-order valence-electron chi connectivity index (χ2n) is 7.01. The number of ether oxygens (including phenoxy) is 1. The van der Waals surface area contributed by atoms with Gasteiger partial charge in [-0.05, 0) is 49.7 Å². The van der Waals surface area contributed by atoms with Crippen LogP contribution in [0.3, 0.4) is 0 Å². The van der Waals surface area contributed by atoms with E-state index in [1.54, 1.807) is 24.5 Å². The molecular weight excluding hydrogens is 410 g/mol. The molecule has 1 aromatic heterocycles. The number of anilines is 1. The van der Waals surface area contributed by atoms with Crippen molar-refractivity contribution in [3.8, 4) is 0 Å². The van der Waals surface area contributed by atoms with E-state index in [1.165, 1.54) is 28.2 Å². The quantitative estimate of drug-likeness (QED) is 0.719. The van der Waals surface area contributed by atoms with Gasteiger partial charge in [0.25, 0.3) is 0 Å². The van der Waals surface area contributed by atoms with Crippen LogP contribution in [0, 0.1) is 0 Å². The fourth-order valence-electron chi connectivity index (χ4n) is 3.13. The average Bonchev–Trinajstić information content (AvgIpc) is 2.68. The second kappa shape index (κ2) is 9.71. The molecule has 2 unspecified atom stereocenters. The average molecular weight is 436 g/mol. The molecule has 7 nitrogen and oxygen atoms in total. The minimum absolute atomic E-state index is 0.134. The van der Waals surface area contributed by atoms with Crippen molar-refractivity contribution >= 4 is 33.4 Å². The number of rotatable bonds is 7. The highest BCUT2D eigenvalue weighted by atomic mass is 32.2. The van der Waals surface area contributed by atoms with Gasteiger partial charge in [0.15, 0.2) is 0 Å². The zero-order valence-corrected chi connectivity index (χ0v) is 18.1. The zero-order valence-electron chi connectivity index (χ0n) is 16.4. The molecular formula is C20H25N3O4S2. The largest absolute Gasteiger partial charge is 0.373 e. The van der Waals surface area contributed by atoms with Crippen molar-refractivity contribution in [2.45, 2.75) is 36.7 Å². The van der Waals surface area contributed by atoms with Gasteiger partial charge in [-0.15, -0.1) is 11.8 Å². The van der Waals surface area contributed by atoms with E-state index in [4.69, 9.17) is 4.74 Å². The minimum Gasteiger partial charge on any atom is -0.373 e. The Morgan fingerprint density at radius 2 is 1.90 bits per heavy atom. The first-order valence-corrected chi connectivity index (χ1v) is 12.0. The van der Waals surface area contributed by atoms with Crippen molar-refractivity contribution in [3.63, 3.8) is 0 Å². The summed E-state index contributed by atoms with van der Waals surface area (Å²) in [7, 11) is -3.59. The second-order valence-corrected chi connectivity index (χ2v) is 9.93. The van der Waals surface area contributed by atoms with Crippen LogP contribution in [-0.4, -0.2) is 54.7 Å². The van der Waals surface area contributed by atoms with E-state index in [1.807, 2.05) is 26.0 Å². The molecule has 1 amide bonds. The Kier molecular flexibility index (Phi) is 7.28. The van der Waals surface area contributed by atoms with Crippen LogP contribution in [0.5, 0.6) is 0 Å². The minimum atomic E-state index is -3.59. The Balaban J connectivity index is 1.54. The summed E-state index contributed by atoms with van der Waals surface area (Å²) in [5, 5.41) is 2.80. The van der Waals surface area contributed by atoms with Gasteiger partial charge in [0.1, 0.15) is 0 Å². The number of amides is 1. The summed E-state index contributed by atoms with van der Waals surface area (Å²) >= 11 is 1.49. The lowest BCUT2D eigenvalue weighted by Gasteiger charge is -2.34. The molecule has 29 heavy (non-hydrogen) atoms. The fourth-order valence-corrected chi connectivity index (χ4v) is 5.49. The van der Waals surface area contributed by atoms with Crippen LogP contribution in [0.15, 0.2) is 53.7 Å². The highest BCUT2D eigenvalue weighted by molar-refractivity contribution is 7.99. The van der Waals surface area contributed by atoms with Crippen molar-refractivity contribution in [2.24, 2.45) is 0 Å². The van der Waals surface area contributed by atoms with Gasteiger partial charge in [0.05, 0.1) is 22.9 Å². The Morgan fingerprint density at radius 1 is 1.21 bits per heavy atom. The molecule has 2 atom stereocenters. The van der Waals surface area contributed by atoms with Crippen molar-refractivity contribution in [3.05, 3.63) is 54.4 Å². The molecule has 1 aliphatic rings. The number of benzene rings is 1. The van der Waals surface area contributed by atoms with E-state index in [-0.39, 0.29) is 23.0 Å². The number of pyridine rings is 1. The number of nitrogens with zero attached hydrogens (tertiary/aromatic N) is 2. The van der Waals surface area contributed by atoms with Gasteiger partial charge in [0.2, 0.25) is 15.9 Å². The number of carbonyl (C=O) groups excluding carboxylic acids is 1. The molecule has 1 aliphatic heterocycles. The molecule has 1 fully saturated rings. The molecule has 1 saturated heterocycles. The van der Waals surface area contributed by atoms with E-state index in [0.717, 1.165) is 5.56 Å². The number of hydrogen-bond acceptors (Lipinski definition) is 6. The van der Waals surface area contributed by atoms with E-state index in [2.05, 4.69) is 10.3 Å². The maximum atomic E-state index is 12.9. The molecule has 0 spiro atoms. The Bertz CT molecular complexity index is 911. The lowest BCUT2D eigenvalue weighted by molar-refractivity contribution is -0.113. The molecule has 1 aromatic carbocycles. The van der Waals surface area contributed by atoms with Crippen molar-refractivity contribution in [1.82, 2.24) is 9.29 Å². The maximum absolute atomic E-state index is 12.9. The highest BCUT2D eigenvalue weighted by Crippen LogP contribution is 2.22. The number of morpholine rings is 1. The van der Waals surface area contributed by atoms with Gasteiger partial charge >= 0.3 is 0 Å². The topological polar surface area (TPSA) is 88.6 Å². The van der Waals surface area contributed by atoms with Crippen molar-refractivity contribution < 1.29 is 17.9 Å². The van der Waals surface area contributed by atoms with Gasteiger partial charge in [0, 0.05) is 36.9 Å². The van der Waals surface area contributed by atoms with E-state index in [9.17, 15) is 13.2 Å². The first-order chi connectivity index (χ1) is 13.8. The molecule has 0 radical (unpaired) electrons. The highest BCUT2D eigenvalue weighted by Gasteiger charge is 2.32. The van der Waals surface area contributed by atoms with Crippen LogP contribution in [0.25, 0.3) is 0 Å². The van der Waals surface area contributed by atoms with Crippen LogP contribution in [0.2, 0.25) is 0 Å². The molecule has 0 aliphatic carbocycles. The summed E-state index contributed by atoms with van der Waals surface area (Å²) < 4.78 is 32.8. The number of nitrogens with one attached hydrogen (secondary N) is 1. The number of thioether (sulfide) groups is 1. The van der Waals surface area contributed by atoms with Gasteiger partial charge < -0.3 is 10.1 Å². The predicted octanol–water partition coefficient (Wildman–Crippen LogP) is 2.75. The summed E-state index contributed by atoms with van der Waals surface area (Å²) in [4.78, 5) is 16.4. The van der Waals surface area contributed by atoms with Crippen LogP contribution >= 0.6 is 11.8 Å². The van der Waals surface area contributed by atoms with Crippen molar-refractivity contribution in [1.29, 1.82) is 0 Å². The SMILES string of the molecule is CC1CN(S(=O)(=O)c2ccc(NC(=O)CSCc3cccnc3)cc2)CC(C)O1. The molecule has 3 rings (SSSR count). The molecule has 156 valence electrons. The lowest BCUT2D eigenvalue weighted by atomic mass is 10.3. The first kappa shape index (κ1) is 21.8. The lowest BCUT2D eigenvalue weighted by Crippen LogP contribution is -2.48. The predicted molar refractivity (Wildman–Crippen MR) is 114 cm³/mol. The van der Waals surface area contributed by atoms with Crippen molar-refractivity contribution in [2.75, 3.05) is 24.2 Å². The van der Waals surface area contributed by atoms with E-state index >= 15 is 0 Å². The molecule has 1 N–H and O–H groups in total. The number of aromatic nitrogens is 1. The molecule has 9 heteroatoms. The van der Waals surface area contributed by atoms with Crippen LogP contribution in [-0.2, 0) is 25.3 Å². The van der Waals surface area contributed by atoms with Crippen LogP contribution in [0.1, 0.15) is 19.4 Å². The maximum Gasteiger partial charge on any atom is 0.243 e.